The van der Waals surface area contributed by atoms with Crippen molar-refractivity contribution >= 4 is 70.1 Å². The Labute approximate surface area is 212 Å². The van der Waals surface area contributed by atoms with E-state index in [0.717, 1.165) is 5.01 Å². The smallest absolute Gasteiger partial charge is 0.316 e. The number of aliphatic carboxylic acids is 1. The minimum atomic E-state index is -1.16. The molecule has 2 saturated heterocycles. The van der Waals surface area contributed by atoms with Gasteiger partial charge in [-0.3, -0.25) is 19.3 Å². The van der Waals surface area contributed by atoms with Gasteiger partial charge >= 0.3 is 12.0 Å². The van der Waals surface area contributed by atoms with E-state index < -0.39 is 34.7 Å². The van der Waals surface area contributed by atoms with E-state index in [2.05, 4.69) is 15.5 Å². The summed E-state index contributed by atoms with van der Waals surface area (Å²) in [5.41, 5.74) is 10.5. The molecular formula is C20H23N7O5S3. The van der Waals surface area contributed by atoms with Crippen molar-refractivity contribution < 1.29 is 24.3 Å². The predicted molar refractivity (Wildman–Crippen MR) is 133 cm³/mol. The lowest BCUT2D eigenvalue weighted by Gasteiger charge is -2.56. The number of fused-ring (bicyclic) bond motifs is 1. The molecule has 3 atom stereocenters. The Balaban J connectivity index is 1.52. The van der Waals surface area contributed by atoms with Crippen molar-refractivity contribution in [2.24, 2.45) is 16.9 Å². The van der Waals surface area contributed by atoms with Gasteiger partial charge in [0.25, 0.3) is 0 Å². The maximum atomic E-state index is 13.2. The van der Waals surface area contributed by atoms with Gasteiger partial charge in [-0.15, -0.1) is 22.0 Å². The zero-order valence-corrected chi connectivity index (χ0v) is 21.0. The van der Waals surface area contributed by atoms with Crippen LogP contribution in [0.1, 0.15) is 5.01 Å². The van der Waals surface area contributed by atoms with Crippen molar-refractivity contribution in [3.05, 3.63) is 29.3 Å². The highest BCUT2D eigenvalue weighted by molar-refractivity contribution is 8.01. The van der Waals surface area contributed by atoms with Crippen LogP contribution >= 0.6 is 34.9 Å². The average Bonchev–Trinajstić information content (AvgIpc) is 3.25. The number of nitrogens with one attached hydrogen (secondary N) is 1. The third-order valence-corrected chi connectivity index (χ3v) is 9.52. The number of hydrogen-bond acceptors (Lipinski definition) is 10. The highest BCUT2D eigenvalue weighted by Gasteiger charge is 2.59. The van der Waals surface area contributed by atoms with Crippen LogP contribution in [0.25, 0.3) is 0 Å². The number of primary amides is 1. The zero-order valence-electron chi connectivity index (χ0n) is 18.5. The number of hydrogen-bond donors (Lipinski definition) is 4. The fourth-order valence-electron chi connectivity index (χ4n) is 3.93. The van der Waals surface area contributed by atoms with Crippen LogP contribution in [0, 0.1) is 12.3 Å². The molecule has 35 heavy (non-hydrogen) atoms. The van der Waals surface area contributed by atoms with E-state index >= 15 is 0 Å². The lowest BCUT2D eigenvalue weighted by molar-refractivity contribution is -0.156. The Hall–Kier alpha value is -2.88. The molecule has 4 amide bonds. The number of carbonyl (C=O) groups is 4. The Morgan fingerprint density at radius 1 is 1.31 bits per heavy atom. The summed E-state index contributed by atoms with van der Waals surface area (Å²) in [5, 5.41) is 20.9. The number of nitrogens with zero attached hydrogens (tertiary/aromatic N) is 4. The zero-order chi connectivity index (χ0) is 25.3. The van der Waals surface area contributed by atoms with Gasteiger partial charge in [-0.2, -0.15) is 0 Å². The molecule has 1 aromatic carbocycles. The summed E-state index contributed by atoms with van der Waals surface area (Å²) in [6, 6.07) is 4.77. The van der Waals surface area contributed by atoms with Crippen LogP contribution < -0.4 is 21.7 Å². The summed E-state index contributed by atoms with van der Waals surface area (Å²) in [7, 11) is 0. The minimum Gasteiger partial charge on any atom is -0.481 e. The number of carboxylic acid groups (broad SMARTS) is 1. The quantitative estimate of drug-likeness (QED) is 0.277. The summed E-state index contributed by atoms with van der Waals surface area (Å²) in [6.45, 7) is 1.55. The van der Waals surface area contributed by atoms with Crippen molar-refractivity contribution in [1.82, 2.24) is 15.1 Å². The minimum absolute atomic E-state index is 0.0340. The van der Waals surface area contributed by atoms with Gasteiger partial charge in [-0.05, 0) is 31.2 Å². The first-order chi connectivity index (χ1) is 16.6. The fraction of sp³-hybridized carbons (Fsp3) is 0.400. The molecule has 6 N–H and O–H groups in total. The van der Waals surface area contributed by atoms with Gasteiger partial charge in [0.15, 0.2) is 4.34 Å². The van der Waals surface area contributed by atoms with E-state index in [9.17, 15) is 24.3 Å². The predicted octanol–water partition coefficient (Wildman–Crippen LogP) is 0.776. The molecule has 2 fully saturated rings. The molecule has 1 aromatic heterocycles. The molecule has 0 bridgehead atoms. The third kappa shape index (κ3) is 4.94. The van der Waals surface area contributed by atoms with E-state index in [1.54, 1.807) is 24.3 Å². The van der Waals surface area contributed by atoms with Crippen LogP contribution in [0.15, 0.2) is 28.6 Å². The fourth-order valence-corrected chi connectivity index (χ4v) is 7.65. The molecule has 2 unspecified atom stereocenters. The van der Waals surface area contributed by atoms with Crippen molar-refractivity contribution in [3.63, 3.8) is 0 Å². The van der Waals surface area contributed by atoms with Gasteiger partial charge in [-0.1, -0.05) is 23.1 Å². The number of rotatable bonds is 8. The summed E-state index contributed by atoms with van der Waals surface area (Å²) in [6.07, 6.45) is 0. The molecule has 2 aliphatic rings. The lowest BCUT2D eigenvalue weighted by atomic mass is 9.89. The van der Waals surface area contributed by atoms with Crippen LogP contribution in [-0.4, -0.2) is 80.0 Å². The molecule has 12 nitrogen and oxygen atoms in total. The number of aromatic nitrogens is 2. The van der Waals surface area contributed by atoms with Gasteiger partial charge in [0, 0.05) is 29.4 Å². The SMILES string of the molecule is Cc1nnc(SCC2(C(=O)O)CS[C@@H]3C(N(C(=O)CN)c4ccc(NC(N)=O)cc4)C(=O)N3C2)s1. The molecular weight excluding hydrogens is 514 g/mol. The highest BCUT2D eigenvalue weighted by Crippen LogP contribution is 2.46. The number of carboxylic acids is 1. The number of amides is 4. The molecule has 0 saturated carbocycles. The van der Waals surface area contributed by atoms with E-state index in [0.29, 0.717) is 15.7 Å². The molecule has 0 radical (unpaired) electrons. The lowest BCUT2D eigenvalue weighted by Crippen LogP contribution is -2.75. The summed E-state index contributed by atoms with van der Waals surface area (Å²) >= 11 is 4.04. The van der Waals surface area contributed by atoms with E-state index in [4.69, 9.17) is 11.5 Å². The van der Waals surface area contributed by atoms with Gasteiger partial charge < -0.3 is 26.8 Å². The Kier molecular flexibility index (Phi) is 7.21. The first kappa shape index (κ1) is 25.2. The van der Waals surface area contributed by atoms with Crippen LogP contribution in [0.5, 0.6) is 0 Å². The van der Waals surface area contributed by atoms with Gasteiger partial charge in [-0.25, -0.2) is 4.79 Å². The first-order valence-electron chi connectivity index (χ1n) is 10.4. The first-order valence-corrected chi connectivity index (χ1v) is 13.3. The number of thioether (sulfide) groups is 2. The molecule has 2 aliphatic heterocycles. The van der Waals surface area contributed by atoms with Crippen LogP contribution in [-0.2, 0) is 14.4 Å². The Morgan fingerprint density at radius 2 is 2.03 bits per heavy atom. The van der Waals surface area contributed by atoms with Crippen LogP contribution in [0.2, 0.25) is 0 Å². The normalized spacial score (nSPS) is 23.3. The van der Waals surface area contributed by atoms with E-state index in [1.807, 2.05) is 6.92 Å². The third-order valence-electron chi connectivity index (χ3n) is 5.68. The highest BCUT2D eigenvalue weighted by atomic mass is 32.2. The Bertz CT molecular complexity index is 1160. The molecule has 0 spiro atoms. The Morgan fingerprint density at radius 3 is 2.60 bits per heavy atom. The van der Waals surface area contributed by atoms with Gasteiger partial charge in [0.2, 0.25) is 11.8 Å². The monoisotopic (exact) mass is 537 g/mol. The number of β-lactam (4-membered cyclic amide) rings is 1. The number of carbonyl (C=O) groups excluding carboxylic acids is 3. The molecule has 3 heterocycles. The second-order valence-corrected chi connectivity index (χ2v) is 11.6. The second-order valence-electron chi connectivity index (χ2n) is 8.08. The van der Waals surface area contributed by atoms with Gasteiger partial charge in [0.1, 0.15) is 21.8 Å². The maximum absolute atomic E-state index is 13.2. The number of benzene rings is 1. The molecule has 186 valence electrons. The number of urea groups is 1. The topological polar surface area (TPSA) is 185 Å². The maximum Gasteiger partial charge on any atom is 0.316 e. The second kappa shape index (κ2) is 10.0. The van der Waals surface area contributed by atoms with Crippen molar-refractivity contribution in [1.29, 1.82) is 0 Å². The summed E-state index contributed by atoms with van der Waals surface area (Å²) in [4.78, 5) is 52.2. The molecule has 0 aliphatic carbocycles. The number of nitrogens with two attached hydrogens (primary N) is 2. The number of aryl methyl sites for hydroxylation is 1. The van der Waals surface area contributed by atoms with Crippen LogP contribution in [0.3, 0.4) is 0 Å². The van der Waals surface area contributed by atoms with E-state index in [-0.39, 0.29) is 30.5 Å². The molecule has 15 heteroatoms. The average molecular weight is 538 g/mol. The summed E-state index contributed by atoms with van der Waals surface area (Å²) in [5.74, 6) is -1.27. The van der Waals surface area contributed by atoms with Crippen molar-refractivity contribution in [2.75, 3.05) is 34.8 Å². The van der Waals surface area contributed by atoms with Crippen molar-refractivity contribution in [3.8, 4) is 0 Å². The number of anilines is 2. The standard InChI is InChI=1S/C20H23N7O5S3/c1-10-24-25-19(35-10)34-9-20(17(30)31)7-26-15(29)14(16(26)33-8-20)27(13(28)6-21)12-4-2-11(3-5-12)23-18(22)32/h2-5,14,16H,6-9,21H2,1H3,(H,30,31)(H3,22,23,32)/t14?,16-,20?/m1/s1. The van der Waals surface area contributed by atoms with Gasteiger partial charge in [0.05, 0.1) is 6.54 Å². The molecule has 4 rings (SSSR count). The molecule has 2 aromatic rings. The van der Waals surface area contributed by atoms with E-state index in [1.165, 1.54) is 44.7 Å². The largest absolute Gasteiger partial charge is 0.481 e. The van der Waals surface area contributed by atoms with Crippen molar-refractivity contribution in [2.45, 2.75) is 22.7 Å². The van der Waals surface area contributed by atoms with Crippen LogP contribution in [0.4, 0.5) is 16.2 Å². The summed E-state index contributed by atoms with van der Waals surface area (Å²) < 4.78 is 0.678.